The zero-order valence-corrected chi connectivity index (χ0v) is 10.6. The third-order valence-electron chi connectivity index (χ3n) is 2.25. The van der Waals surface area contributed by atoms with Crippen molar-refractivity contribution in [3.63, 3.8) is 0 Å². The molecule has 0 N–H and O–H groups in total. The summed E-state index contributed by atoms with van der Waals surface area (Å²) in [7, 11) is 0. The summed E-state index contributed by atoms with van der Waals surface area (Å²) in [5, 5.41) is 1.22. The van der Waals surface area contributed by atoms with Crippen LogP contribution in [0.25, 0.3) is 0 Å². The molecular weight excluding hydrogens is 231 g/mol. The van der Waals surface area contributed by atoms with Gasteiger partial charge in [-0.3, -0.25) is 0 Å². The maximum absolute atomic E-state index is 6.02. The lowest BCUT2D eigenvalue weighted by Crippen LogP contribution is -2.14. The molecule has 0 aliphatic rings. The van der Waals surface area contributed by atoms with E-state index < -0.39 is 0 Å². The highest BCUT2D eigenvalue weighted by molar-refractivity contribution is 6.35. The van der Waals surface area contributed by atoms with Crippen LogP contribution in [0.15, 0.2) is 18.2 Å². The minimum Gasteiger partial charge on any atom is -0.489 e. The van der Waals surface area contributed by atoms with Gasteiger partial charge in [0.05, 0.1) is 11.1 Å². The predicted octanol–water partition coefficient (Wildman–Crippen LogP) is 4.95. The Kier molecular flexibility index (Phi) is 5.27. The van der Waals surface area contributed by atoms with E-state index in [1.54, 1.807) is 12.1 Å². The van der Waals surface area contributed by atoms with Crippen LogP contribution in [0, 0.1) is 0 Å². The van der Waals surface area contributed by atoms with Gasteiger partial charge in [0.1, 0.15) is 5.75 Å². The van der Waals surface area contributed by atoms with Crippen LogP contribution in [0.5, 0.6) is 5.75 Å². The molecule has 1 aromatic carbocycles. The Hall–Kier alpha value is -0.400. The Bertz CT molecular complexity index is 312. The Morgan fingerprint density at radius 3 is 2.53 bits per heavy atom. The molecule has 0 saturated carbocycles. The van der Waals surface area contributed by atoms with Crippen LogP contribution >= 0.6 is 23.2 Å². The number of halogens is 2. The molecule has 1 unspecified atom stereocenters. The lowest BCUT2D eigenvalue weighted by atomic mass is 10.1. The molecule has 1 nitrogen and oxygen atoms in total. The second-order valence-corrected chi connectivity index (χ2v) is 4.36. The van der Waals surface area contributed by atoms with Crippen LogP contribution in [-0.4, -0.2) is 6.10 Å². The predicted molar refractivity (Wildman–Crippen MR) is 66.1 cm³/mol. The third-order valence-corrected chi connectivity index (χ3v) is 2.78. The minimum absolute atomic E-state index is 0.244. The first kappa shape index (κ1) is 12.7. The highest BCUT2D eigenvalue weighted by Gasteiger charge is 2.09. The quantitative estimate of drug-likeness (QED) is 0.715. The Balaban J connectivity index is 2.70. The zero-order chi connectivity index (χ0) is 11.3. The molecule has 0 spiro atoms. The second kappa shape index (κ2) is 6.24. The normalized spacial score (nSPS) is 12.5. The zero-order valence-electron chi connectivity index (χ0n) is 9.09. The van der Waals surface area contributed by atoms with Gasteiger partial charge in [0.15, 0.2) is 0 Å². The Morgan fingerprint density at radius 1 is 1.27 bits per heavy atom. The number of ether oxygens (including phenoxy) is 1. The molecule has 84 valence electrons. The molecule has 0 radical (unpaired) electrons. The van der Waals surface area contributed by atoms with Crippen molar-refractivity contribution in [3.05, 3.63) is 28.2 Å². The fourth-order valence-electron chi connectivity index (χ4n) is 1.42. The van der Waals surface area contributed by atoms with Gasteiger partial charge in [-0.05, 0) is 31.0 Å². The van der Waals surface area contributed by atoms with Crippen molar-refractivity contribution in [2.45, 2.75) is 39.2 Å². The van der Waals surface area contributed by atoms with Crippen molar-refractivity contribution in [3.8, 4) is 5.75 Å². The van der Waals surface area contributed by atoms with Gasteiger partial charge in [-0.15, -0.1) is 0 Å². The summed E-state index contributed by atoms with van der Waals surface area (Å²) in [6.07, 6.45) is 3.40. The second-order valence-electron chi connectivity index (χ2n) is 3.51. The van der Waals surface area contributed by atoms with Gasteiger partial charge in [0.2, 0.25) is 0 Å². The monoisotopic (exact) mass is 246 g/mol. The molecule has 0 heterocycles. The Labute approximate surface area is 101 Å². The standard InChI is InChI=1S/C12H16Cl2O/c1-3-5-10(4-2)15-12-7-6-9(13)8-11(12)14/h6-8,10H,3-5H2,1-2H3. The molecule has 3 heteroatoms. The van der Waals surface area contributed by atoms with E-state index >= 15 is 0 Å². The highest BCUT2D eigenvalue weighted by atomic mass is 35.5. The largest absolute Gasteiger partial charge is 0.489 e. The number of hydrogen-bond acceptors (Lipinski definition) is 1. The summed E-state index contributed by atoms with van der Waals surface area (Å²) in [6, 6.07) is 5.32. The molecule has 0 aromatic heterocycles. The summed E-state index contributed by atoms with van der Waals surface area (Å²) in [6.45, 7) is 4.26. The van der Waals surface area contributed by atoms with E-state index in [4.69, 9.17) is 27.9 Å². The van der Waals surface area contributed by atoms with E-state index in [2.05, 4.69) is 13.8 Å². The van der Waals surface area contributed by atoms with Crippen LogP contribution in [-0.2, 0) is 0 Å². The summed E-state index contributed by atoms with van der Waals surface area (Å²) < 4.78 is 5.80. The molecular formula is C12H16Cl2O. The SMILES string of the molecule is CCCC(CC)Oc1ccc(Cl)cc1Cl. The van der Waals surface area contributed by atoms with Gasteiger partial charge in [-0.2, -0.15) is 0 Å². The van der Waals surface area contributed by atoms with Crippen LogP contribution in [0.1, 0.15) is 33.1 Å². The van der Waals surface area contributed by atoms with Gasteiger partial charge in [-0.1, -0.05) is 43.5 Å². The molecule has 0 aliphatic heterocycles. The molecule has 1 aromatic rings. The van der Waals surface area contributed by atoms with Crippen LogP contribution in [0.3, 0.4) is 0 Å². The maximum Gasteiger partial charge on any atom is 0.138 e. The average Bonchev–Trinajstić information content (AvgIpc) is 2.21. The van der Waals surface area contributed by atoms with Gasteiger partial charge < -0.3 is 4.74 Å². The average molecular weight is 247 g/mol. The maximum atomic E-state index is 6.02. The lowest BCUT2D eigenvalue weighted by molar-refractivity contribution is 0.186. The molecule has 0 amide bonds. The number of benzene rings is 1. The fourth-order valence-corrected chi connectivity index (χ4v) is 1.87. The smallest absolute Gasteiger partial charge is 0.138 e. The molecule has 1 atom stereocenters. The van der Waals surface area contributed by atoms with E-state index in [0.717, 1.165) is 25.0 Å². The third kappa shape index (κ3) is 3.92. The van der Waals surface area contributed by atoms with E-state index in [0.29, 0.717) is 10.0 Å². The summed E-state index contributed by atoms with van der Waals surface area (Å²) in [5.41, 5.74) is 0. The Morgan fingerprint density at radius 2 is 2.00 bits per heavy atom. The molecule has 1 rings (SSSR count). The first-order valence-electron chi connectivity index (χ1n) is 5.29. The lowest BCUT2D eigenvalue weighted by Gasteiger charge is -2.17. The first-order valence-corrected chi connectivity index (χ1v) is 6.04. The van der Waals surface area contributed by atoms with Crippen molar-refractivity contribution < 1.29 is 4.74 Å². The first-order chi connectivity index (χ1) is 7.17. The van der Waals surface area contributed by atoms with Crippen molar-refractivity contribution in [1.29, 1.82) is 0 Å². The van der Waals surface area contributed by atoms with Crippen molar-refractivity contribution >= 4 is 23.2 Å². The van der Waals surface area contributed by atoms with Gasteiger partial charge >= 0.3 is 0 Å². The molecule has 0 aliphatic carbocycles. The van der Waals surface area contributed by atoms with E-state index in [1.807, 2.05) is 6.07 Å². The topological polar surface area (TPSA) is 9.23 Å². The van der Waals surface area contributed by atoms with Crippen LogP contribution < -0.4 is 4.74 Å². The minimum atomic E-state index is 0.244. The fraction of sp³-hybridized carbons (Fsp3) is 0.500. The van der Waals surface area contributed by atoms with Crippen molar-refractivity contribution in [1.82, 2.24) is 0 Å². The van der Waals surface area contributed by atoms with E-state index in [9.17, 15) is 0 Å². The van der Waals surface area contributed by atoms with Crippen LogP contribution in [0.4, 0.5) is 0 Å². The summed E-state index contributed by atoms with van der Waals surface area (Å²) in [5.74, 6) is 0.723. The van der Waals surface area contributed by atoms with E-state index in [1.165, 1.54) is 0 Å². The molecule has 15 heavy (non-hydrogen) atoms. The van der Waals surface area contributed by atoms with Crippen molar-refractivity contribution in [2.75, 3.05) is 0 Å². The van der Waals surface area contributed by atoms with Crippen molar-refractivity contribution in [2.24, 2.45) is 0 Å². The summed E-state index contributed by atoms with van der Waals surface area (Å²) >= 11 is 11.8. The van der Waals surface area contributed by atoms with Gasteiger partial charge in [0, 0.05) is 5.02 Å². The molecule has 0 saturated heterocycles. The van der Waals surface area contributed by atoms with Gasteiger partial charge in [-0.25, -0.2) is 0 Å². The van der Waals surface area contributed by atoms with E-state index in [-0.39, 0.29) is 6.10 Å². The number of rotatable bonds is 5. The molecule has 0 bridgehead atoms. The highest BCUT2D eigenvalue weighted by Crippen LogP contribution is 2.29. The number of hydrogen-bond donors (Lipinski definition) is 0. The van der Waals surface area contributed by atoms with Gasteiger partial charge in [0.25, 0.3) is 0 Å². The van der Waals surface area contributed by atoms with Crippen LogP contribution in [0.2, 0.25) is 10.0 Å². The summed E-state index contributed by atoms with van der Waals surface area (Å²) in [4.78, 5) is 0. The molecule has 0 fully saturated rings.